The number of nitrogens with two attached hydrogens (primary N) is 1. The molecule has 0 bridgehead atoms. The second-order valence-corrected chi connectivity index (χ2v) is 9.41. The van der Waals surface area contributed by atoms with Crippen LogP contribution in [0.4, 0.5) is 0 Å². The van der Waals surface area contributed by atoms with E-state index in [1.165, 1.54) is 12.0 Å². The van der Waals surface area contributed by atoms with Gasteiger partial charge in [-0.05, 0) is 55.0 Å². The smallest absolute Gasteiger partial charge is 0.163 e. The lowest BCUT2D eigenvalue weighted by atomic mass is 9.72. The van der Waals surface area contributed by atoms with Crippen molar-refractivity contribution in [2.24, 2.45) is 5.73 Å². The van der Waals surface area contributed by atoms with E-state index in [1.54, 1.807) is 7.11 Å². The fourth-order valence-electron chi connectivity index (χ4n) is 5.03. The highest BCUT2D eigenvalue weighted by Gasteiger charge is 2.34. The SMILES string of the molecule is COc1ccc(-c2c(C)nn3cc(-c4ccccc4)c(-c4ccc(C5(N)CCC5)cc4)nc23)cc1. The Kier molecular flexibility index (Phi) is 5.15. The molecule has 1 aliphatic rings. The standard InChI is InChI=1S/C30H28N4O/c1-20-27(22-11-15-25(35-2)16-12-22)29-32-28(23-9-13-24(14-10-23)30(31)17-6-18-30)26(19-34(29)33-20)21-7-4-3-5-8-21/h3-5,7-16,19H,6,17-18,31H2,1-2H3. The summed E-state index contributed by atoms with van der Waals surface area (Å²) in [7, 11) is 1.68. The summed E-state index contributed by atoms with van der Waals surface area (Å²) in [5.74, 6) is 0.826. The Balaban J connectivity index is 1.54. The Morgan fingerprint density at radius 1 is 0.857 bits per heavy atom. The van der Waals surface area contributed by atoms with Crippen molar-refractivity contribution in [2.75, 3.05) is 7.11 Å². The lowest BCUT2D eigenvalue weighted by Crippen LogP contribution is -2.43. The van der Waals surface area contributed by atoms with Crippen LogP contribution in [0.25, 0.3) is 39.2 Å². The number of ether oxygens (including phenoxy) is 1. The van der Waals surface area contributed by atoms with Gasteiger partial charge in [-0.25, -0.2) is 9.50 Å². The molecular weight excluding hydrogens is 432 g/mol. The molecule has 1 fully saturated rings. The molecule has 0 unspecified atom stereocenters. The van der Waals surface area contributed by atoms with Crippen molar-refractivity contribution in [3.05, 3.63) is 96.3 Å². The number of benzene rings is 3. The molecule has 1 saturated carbocycles. The first-order valence-electron chi connectivity index (χ1n) is 12.1. The molecule has 0 aliphatic heterocycles. The third kappa shape index (κ3) is 3.69. The van der Waals surface area contributed by atoms with Gasteiger partial charge in [0.2, 0.25) is 0 Å². The molecule has 0 atom stereocenters. The zero-order valence-electron chi connectivity index (χ0n) is 20.0. The number of aryl methyl sites for hydroxylation is 1. The summed E-state index contributed by atoms with van der Waals surface area (Å²) in [5, 5.41) is 4.82. The first kappa shape index (κ1) is 21.6. The fourth-order valence-corrected chi connectivity index (χ4v) is 5.03. The second kappa shape index (κ2) is 8.36. The lowest BCUT2D eigenvalue weighted by molar-refractivity contribution is 0.253. The van der Waals surface area contributed by atoms with E-state index in [9.17, 15) is 0 Å². The Hall–Kier alpha value is -3.96. The molecule has 174 valence electrons. The van der Waals surface area contributed by atoms with Gasteiger partial charge in [0.05, 0.1) is 18.5 Å². The summed E-state index contributed by atoms with van der Waals surface area (Å²) >= 11 is 0. The van der Waals surface area contributed by atoms with Crippen LogP contribution >= 0.6 is 0 Å². The van der Waals surface area contributed by atoms with Crippen LogP contribution in [0.5, 0.6) is 5.75 Å². The van der Waals surface area contributed by atoms with Gasteiger partial charge >= 0.3 is 0 Å². The molecule has 5 heteroatoms. The van der Waals surface area contributed by atoms with Crippen molar-refractivity contribution in [3.63, 3.8) is 0 Å². The van der Waals surface area contributed by atoms with Gasteiger partial charge in [-0.3, -0.25) is 0 Å². The van der Waals surface area contributed by atoms with Crippen molar-refractivity contribution < 1.29 is 4.74 Å². The molecule has 5 aromatic rings. The van der Waals surface area contributed by atoms with Crippen LogP contribution < -0.4 is 10.5 Å². The van der Waals surface area contributed by atoms with Crippen molar-refractivity contribution in [1.29, 1.82) is 0 Å². The van der Waals surface area contributed by atoms with Gasteiger partial charge in [-0.2, -0.15) is 5.10 Å². The minimum Gasteiger partial charge on any atom is -0.497 e. The Labute approximate surface area is 205 Å². The van der Waals surface area contributed by atoms with E-state index in [4.69, 9.17) is 20.6 Å². The van der Waals surface area contributed by atoms with Gasteiger partial charge in [0.15, 0.2) is 5.65 Å². The van der Waals surface area contributed by atoms with E-state index in [1.807, 2.05) is 29.6 Å². The zero-order valence-corrected chi connectivity index (χ0v) is 20.0. The number of fused-ring (bicyclic) bond motifs is 1. The highest BCUT2D eigenvalue weighted by Crippen LogP contribution is 2.40. The van der Waals surface area contributed by atoms with Crippen LogP contribution in [0.15, 0.2) is 85.1 Å². The zero-order chi connectivity index (χ0) is 24.0. The van der Waals surface area contributed by atoms with Crippen LogP contribution in [0.2, 0.25) is 0 Å². The molecule has 0 spiro atoms. The number of nitrogens with zero attached hydrogens (tertiary/aromatic N) is 3. The van der Waals surface area contributed by atoms with Crippen LogP contribution in [-0.2, 0) is 5.54 Å². The molecule has 6 rings (SSSR count). The molecule has 2 aromatic heterocycles. The molecule has 35 heavy (non-hydrogen) atoms. The van der Waals surface area contributed by atoms with Gasteiger partial charge in [0, 0.05) is 28.4 Å². The maximum atomic E-state index is 6.58. The lowest BCUT2D eigenvalue weighted by Gasteiger charge is -2.38. The normalized spacial score (nSPS) is 14.6. The fraction of sp³-hybridized carbons (Fsp3) is 0.200. The molecule has 1 aliphatic carbocycles. The third-order valence-electron chi connectivity index (χ3n) is 7.23. The Morgan fingerprint density at radius 2 is 1.54 bits per heavy atom. The van der Waals surface area contributed by atoms with E-state index < -0.39 is 0 Å². The second-order valence-electron chi connectivity index (χ2n) is 9.41. The summed E-state index contributed by atoms with van der Waals surface area (Å²) in [5.41, 5.74) is 15.6. The predicted octanol–water partition coefficient (Wildman–Crippen LogP) is 6.39. The van der Waals surface area contributed by atoms with Crippen LogP contribution in [0.1, 0.15) is 30.5 Å². The summed E-state index contributed by atoms with van der Waals surface area (Å²) in [6.07, 6.45) is 5.39. The number of methoxy groups -OCH3 is 1. The number of hydrogen-bond acceptors (Lipinski definition) is 4. The minimum atomic E-state index is -0.178. The Morgan fingerprint density at radius 3 is 2.17 bits per heavy atom. The molecule has 0 amide bonds. The van der Waals surface area contributed by atoms with Crippen LogP contribution in [-0.4, -0.2) is 21.7 Å². The molecule has 5 nitrogen and oxygen atoms in total. The average Bonchev–Trinajstić information content (AvgIpc) is 3.21. The van der Waals surface area contributed by atoms with Crippen molar-refractivity contribution >= 4 is 5.65 Å². The summed E-state index contributed by atoms with van der Waals surface area (Å²) in [6.45, 7) is 2.03. The summed E-state index contributed by atoms with van der Waals surface area (Å²) < 4.78 is 7.25. The monoisotopic (exact) mass is 460 g/mol. The van der Waals surface area contributed by atoms with Crippen molar-refractivity contribution in [3.8, 4) is 39.3 Å². The molecule has 2 heterocycles. The average molecular weight is 461 g/mol. The van der Waals surface area contributed by atoms with E-state index in [0.717, 1.165) is 63.4 Å². The molecule has 0 saturated heterocycles. The van der Waals surface area contributed by atoms with E-state index in [2.05, 4.69) is 66.9 Å². The molecule has 0 radical (unpaired) electrons. The van der Waals surface area contributed by atoms with E-state index in [0.29, 0.717) is 0 Å². The summed E-state index contributed by atoms with van der Waals surface area (Å²) in [4.78, 5) is 5.23. The van der Waals surface area contributed by atoms with Crippen molar-refractivity contribution in [2.45, 2.75) is 31.7 Å². The molecular formula is C30H28N4O. The van der Waals surface area contributed by atoms with Gasteiger partial charge in [0.1, 0.15) is 5.75 Å². The number of hydrogen-bond donors (Lipinski definition) is 1. The van der Waals surface area contributed by atoms with Crippen LogP contribution in [0.3, 0.4) is 0 Å². The van der Waals surface area contributed by atoms with Gasteiger partial charge in [-0.15, -0.1) is 0 Å². The van der Waals surface area contributed by atoms with Gasteiger partial charge in [-0.1, -0.05) is 66.7 Å². The quantitative estimate of drug-likeness (QED) is 0.330. The molecule has 2 N–H and O–H groups in total. The first-order valence-corrected chi connectivity index (χ1v) is 12.1. The maximum absolute atomic E-state index is 6.58. The third-order valence-corrected chi connectivity index (χ3v) is 7.23. The van der Waals surface area contributed by atoms with E-state index >= 15 is 0 Å². The highest BCUT2D eigenvalue weighted by atomic mass is 16.5. The van der Waals surface area contributed by atoms with Crippen molar-refractivity contribution in [1.82, 2.24) is 14.6 Å². The first-order chi connectivity index (χ1) is 17.1. The molecule has 3 aromatic carbocycles. The topological polar surface area (TPSA) is 65.4 Å². The maximum Gasteiger partial charge on any atom is 0.163 e. The summed E-state index contributed by atoms with van der Waals surface area (Å²) in [6, 6.07) is 27.1. The Bertz CT molecular complexity index is 1500. The van der Waals surface area contributed by atoms with Gasteiger partial charge < -0.3 is 10.5 Å². The predicted molar refractivity (Wildman–Crippen MR) is 140 cm³/mol. The van der Waals surface area contributed by atoms with Crippen LogP contribution in [0, 0.1) is 6.92 Å². The van der Waals surface area contributed by atoms with E-state index in [-0.39, 0.29) is 5.54 Å². The largest absolute Gasteiger partial charge is 0.497 e. The number of aromatic nitrogens is 3. The minimum absolute atomic E-state index is 0.178. The van der Waals surface area contributed by atoms with Gasteiger partial charge in [0.25, 0.3) is 0 Å². The number of rotatable bonds is 5. The highest BCUT2D eigenvalue weighted by molar-refractivity contribution is 5.86.